The molecule has 2 rings (SSSR count). The summed E-state index contributed by atoms with van der Waals surface area (Å²) in [6.45, 7) is 9.01. The van der Waals surface area contributed by atoms with Crippen molar-refractivity contribution in [3.05, 3.63) is 53.6 Å². The second-order valence-corrected chi connectivity index (χ2v) is 11.9. The molecule has 0 saturated heterocycles. The summed E-state index contributed by atoms with van der Waals surface area (Å²) in [5.41, 5.74) is 1.54. The number of anilines is 1. The summed E-state index contributed by atoms with van der Waals surface area (Å²) in [7, 11) is -0.995. The normalized spacial score (nSPS) is 12.4. The van der Waals surface area contributed by atoms with Gasteiger partial charge in [-0.3, -0.25) is 13.9 Å². The molecule has 2 aromatic rings. The highest BCUT2D eigenvalue weighted by atomic mass is 32.2. The zero-order valence-electron chi connectivity index (χ0n) is 23.0. The third-order valence-electron chi connectivity index (χ3n) is 5.65. The van der Waals surface area contributed by atoms with Gasteiger partial charge in [-0.25, -0.2) is 8.42 Å². The summed E-state index contributed by atoms with van der Waals surface area (Å²) in [4.78, 5) is 28.5. The predicted octanol–water partition coefficient (Wildman–Crippen LogP) is 3.50. The number of hydrogen-bond donors (Lipinski definition) is 1. The lowest BCUT2D eigenvalue weighted by molar-refractivity contribution is -0.141. The Balaban J connectivity index is 2.53. The van der Waals surface area contributed by atoms with Gasteiger partial charge < -0.3 is 19.7 Å². The molecular weight excluding hydrogens is 494 g/mol. The second-order valence-electron chi connectivity index (χ2n) is 9.98. The summed E-state index contributed by atoms with van der Waals surface area (Å²) < 4.78 is 37.3. The minimum absolute atomic E-state index is 0.147. The van der Waals surface area contributed by atoms with Crippen LogP contribution in [-0.4, -0.2) is 63.7 Å². The van der Waals surface area contributed by atoms with Crippen LogP contribution < -0.4 is 19.1 Å². The molecule has 0 unspecified atom stereocenters. The van der Waals surface area contributed by atoms with E-state index < -0.39 is 34.1 Å². The van der Waals surface area contributed by atoms with Gasteiger partial charge in [0.15, 0.2) is 0 Å². The average Bonchev–Trinajstić information content (AvgIpc) is 2.80. The molecule has 2 amide bonds. The fraction of sp³-hybridized carbons (Fsp3) is 0.481. The minimum atomic E-state index is -3.90. The monoisotopic (exact) mass is 533 g/mol. The van der Waals surface area contributed by atoms with Crippen LogP contribution in [0.1, 0.15) is 45.2 Å². The van der Waals surface area contributed by atoms with E-state index in [-0.39, 0.29) is 23.9 Å². The Labute approximate surface area is 220 Å². The van der Waals surface area contributed by atoms with Gasteiger partial charge in [-0.05, 0) is 51.8 Å². The van der Waals surface area contributed by atoms with E-state index in [1.807, 2.05) is 58.9 Å². The van der Waals surface area contributed by atoms with Crippen molar-refractivity contribution in [2.75, 3.05) is 31.3 Å². The van der Waals surface area contributed by atoms with Gasteiger partial charge in [0.05, 0.1) is 26.2 Å². The van der Waals surface area contributed by atoms with Crippen LogP contribution in [0.25, 0.3) is 0 Å². The van der Waals surface area contributed by atoms with E-state index in [2.05, 4.69) is 5.32 Å². The largest absolute Gasteiger partial charge is 0.497 e. The molecule has 9 nitrogen and oxygen atoms in total. The first-order valence-corrected chi connectivity index (χ1v) is 13.9. The number of carbonyl (C=O) groups excluding carboxylic acids is 2. The first kappa shape index (κ1) is 30.0. The number of rotatable bonds is 11. The van der Waals surface area contributed by atoms with Gasteiger partial charge in [-0.1, -0.05) is 36.8 Å². The molecule has 0 bridgehead atoms. The minimum Gasteiger partial charge on any atom is -0.497 e. The Morgan fingerprint density at radius 1 is 1.05 bits per heavy atom. The quantitative estimate of drug-likeness (QED) is 0.474. The number of carbonyl (C=O) groups is 2. The fourth-order valence-corrected chi connectivity index (χ4v) is 4.82. The van der Waals surface area contributed by atoms with Gasteiger partial charge in [-0.2, -0.15) is 0 Å². The van der Waals surface area contributed by atoms with Crippen molar-refractivity contribution >= 4 is 27.5 Å². The smallest absolute Gasteiger partial charge is 0.244 e. The van der Waals surface area contributed by atoms with Gasteiger partial charge in [-0.15, -0.1) is 0 Å². The van der Waals surface area contributed by atoms with Crippen LogP contribution in [0.3, 0.4) is 0 Å². The zero-order valence-corrected chi connectivity index (χ0v) is 23.8. The Morgan fingerprint density at radius 3 is 2.24 bits per heavy atom. The Hall–Kier alpha value is -3.27. The van der Waals surface area contributed by atoms with Gasteiger partial charge in [0, 0.05) is 18.2 Å². The molecule has 0 spiro atoms. The van der Waals surface area contributed by atoms with Crippen molar-refractivity contribution in [2.45, 2.75) is 59.2 Å². The van der Waals surface area contributed by atoms with Crippen LogP contribution in [0.5, 0.6) is 11.5 Å². The molecule has 0 aliphatic heterocycles. The van der Waals surface area contributed by atoms with Crippen LogP contribution in [0.2, 0.25) is 0 Å². The zero-order chi connectivity index (χ0) is 28.0. The first-order valence-electron chi connectivity index (χ1n) is 12.1. The molecule has 0 aromatic heterocycles. The summed E-state index contributed by atoms with van der Waals surface area (Å²) >= 11 is 0. The molecule has 0 aliphatic rings. The molecule has 0 radical (unpaired) electrons. The van der Waals surface area contributed by atoms with E-state index >= 15 is 0 Å². The highest BCUT2D eigenvalue weighted by Gasteiger charge is 2.33. The Kier molecular flexibility index (Phi) is 9.97. The molecule has 0 aliphatic carbocycles. The number of aryl methyl sites for hydroxylation is 1. The molecule has 2 aromatic carbocycles. The Morgan fingerprint density at radius 2 is 1.73 bits per heavy atom. The number of amides is 2. The number of ether oxygens (including phenoxy) is 2. The predicted molar refractivity (Wildman–Crippen MR) is 145 cm³/mol. The van der Waals surface area contributed by atoms with Crippen LogP contribution in [-0.2, 0) is 26.2 Å². The standard InChI is InChI=1S/C27H39N3O6S/c1-9-22(26(32)28-27(3,4)5)29(17-20-12-10-11-19(2)15-20)25(31)18-30(37(8,33)34)23-14-13-21(35-6)16-24(23)36-7/h10-16,22H,9,17-18H2,1-8H3,(H,28,32)/t22-/m0/s1. The summed E-state index contributed by atoms with van der Waals surface area (Å²) in [5, 5.41) is 2.95. The van der Waals surface area contributed by atoms with Crippen molar-refractivity contribution in [1.29, 1.82) is 0 Å². The van der Waals surface area contributed by atoms with Crippen LogP contribution in [0.4, 0.5) is 5.69 Å². The first-order chi connectivity index (χ1) is 17.2. The van der Waals surface area contributed by atoms with E-state index in [0.29, 0.717) is 12.2 Å². The fourth-order valence-electron chi connectivity index (χ4n) is 3.97. The molecule has 1 atom stereocenters. The van der Waals surface area contributed by atoms with E-state index in [0.717, 1.165) is 21.7 Å². The molecule has 0 heterocycles. The lowest BCUT2D eigenvalue weighted by Gasteiger charge is -2.34. The average molecular weight is 534 g/mol. The number of hydrogen-bond acceptors (Lipinski definition) is 6. The number of nitrogens with one attached hydrogen (secondary N) is 1. The van der Waals surface area contributed by atoms with Crippen molar-refractivity contribution in [3.8, 4) is 11.5 Å². The second kappa shape index (κ2) is 12.3. The maximum absolute atomic E-state index is 13.8. The number of sulfonamides is 1. The third-order valence-corrected chi connectivity index (χ3v) is 6.78. The van der Waals surface area contributed by atoms with Crippen LogP contribution in [0, 0.1) is 6.92 Å². The molecule has 0 fully saturated rings. The van der Waals surface area contributed by atoms with Crippen molar-refractivity contribution in [1.82, 2.24) is 10.2 Å². The van der Waals surface area contributed by atoms with Crippen LogP contribution in [0.15, 0.2) is 42.5 Å². The lowest BCUT2D eigenvalue weighted by Crippen LogP contribution is -2.55. The summed E-state index contributed by atoms with van der Waals surface area (Å²) in [6, 6.07) is 11.5. The number of methoxy groups -OCH3 is 2. The third kappa shape index (κ3) is 8.38. The van der Waals surface area contributed by atoms with Crippen molar-refractivity contribution < 1.29 is 27.5 Å². The summed E-state index contributed by atoms with van der Waals surface area (Å²) in [5.74, 6) is -0.101. The van der Waals surface area contributed by atoms with E-state index in [9.17, 15) is 18.0 Å². The molecule has 10 heteroatoms. The maximum atomic E-state index is 13.8. The van der Waals surface area contributed by atoms with Gasteiger partial charge in [0.25, 0.3) is 0 Å². The van der Waals surface area contributed by atoms with Gasteiger partial charge >= 0.3 is 0 Å². The number of nitrogens with zero attached hydrogens (tertiary/aromatic N) is 2. The molecular formula is C27H39N3O6S. The Bertz CT molecular complexity index is 1210. The van der Waals surface area contributed by atoms with Crippen molar-refractivity contribution in [3.63, 3.8) is 0 Å². The highest BCUT2D eigenvalue weighted by Crippen LogP contribution is 2.33. The SMILES string of the molecule is CC[C@@H](C(=O)NC(C)(C)C)N(Cc1cccc(C)c1)C(=O)CN(c1ccc(OC)cc1OC)S(C)(=O)=O. The molecule has 1 N–H and O–H groups in total. The van der Waals surface area contributed by atoms with E-state index in [1.165, 1.54) is 25.2 Å². The topological polar surface area (TPSA) is 105 Å². The van der Waals surface area contributed by atoms with E-state index in [4.69, 9.17) is 9.47 Å². The lowest BCUT2D eigenvalue weighted by atomic mass is 10.0. The summed E-state index contributed by atoms with van der Waals surface area (Å²) in [6.07, 6.45) is 1.38. The van der Waals surface area contributed by atoms with E-state index in [1.54, 1.807) is 12.1 Å². The van der Waals surface area contributed by atoms with Crippen molar-refractivity contribution in [2.24, 2.45) is 0 Å². The highest BCUT2D eigenvalue weighted by molar-refractivity contribution is 7.92. The maximum Gasteiger partial charge on any atom is 0.244 e. The molecule has 37 heavy (non-hydrogen) atoms. The number of benzene rings is 2. The van der Waals surface area contributed by atoms with Gasteiger partial charge in [0.1, 0.15) is 24.1 Å². The molecule has 204 valence electrons. The van der Waals surface area contributed by atoms with Crippen LogP contribution >= 0.6 is 0 Å². The van der Waals surface area contributed by atoms with Gasteiger partial charge in [0.2, 0.25) is 21.8 Å². The molecule has 0 saturated carbocycles.